The summed E-state index contributed by atoms with van der Waals surface area (Å²) in [5.74, 6) is 0. The van der Waals surface area contributed by atoms with Gasteiger partial charge in [-0.05, 0) is 13.8 Å². The summed E-state index contributed by atoms with van der Waals surface area (Å²) in [5, 5.41) is 4.59. The van der Waals surface area contributed by atoms with Crippen molar-refractivity contribution in [3.05, 3.63) is 39.7 Å². The molecule has 0 radical (unpaired) electrons. The van der Waals surface area contributed by atoms with Crippen molar-refractivity contribution in [3.8, 4) is 11.3 Å². The summed E-state index contributed by atoms with van der Waals surface area (Å²) < 4.78 is 5.51. The molecule has 0 spiro atoms. The molecule has 1 aromatic heterocycles. The number of aryl methyl sites for hydroxylation is 2. The SMILES string of the molecule is Cc1ccc(-c2nc(C3COCCN3)sc2C)cc1. The van der Waals surface area contributed by atoms with Gasteiger partial charge in [0.25, 0.3) is 0 Å². The van der Waals surface area contributed by atoms with Gasteiger partial charge in [-0.1, -0.05) is 29.8 Å². The molecule has 1 N–H and O–H groups in total. The van der Waals surface area contributed by atoms with Crippen LogP contribution in [0, 0.1) is 13.8 Å². The Morgan fingerprint density at radius 3 is 2.74 bits per heavy atom. The van der Waals surface area contributed by atoms with Crippen LogP contribution < -0.4 is 5.32 Å². The van der Waals surface area contributed by atoms with Crippen molar-refractivity contribution in [1.82, 2.24) is 10.3 Å². The molecule has 4 heteroatoms. The Kier molecular flexibility index (Phi) is 3.64. The summed E-state index contributed by atoms with van der Waals surface area (Å²) in [6, 6.07) is 8.81. The van der Waals surface area contributed by atoms with E-state index in [1.807, 2.05) is 0 Å². The van der Waals surface area contributed by atoms with Crippen molar-refractivity contribution in [2.45, 2.75) is 19.9 Å². The van der Waals surface area contributed by atoms with Crippen LogP contribution in [0.4, 0.5) is 0 Å². The van der Waals surface area contributed by atoms with Gasteiger partial charge in [-0.25, -0.2) is 4.98 Å². The van der Waals surface area contributed by atoms with Crippen LogP contribution in [0.1, 0.15) is 21.5 Å². The molecule has 1 aromatic carbocycles. The van der Waals surface area contributed by atoms with Crippen molar-refractivity contribution >= 4 is 11.3 Å². The van der Waals surface area contributed by atoms with Gasteiger partial charge in [0, 0.05) is 17.0 Å². The van der Waals surface area contributed by atoms with E-state index < -0.39 is 0 Å². The molecule has 3 rings (SSSR count). The van der Waals surface area contributed by atoms with Gasteiger partial charge in [0.05, 0.1) is 24.9 Å². The third kappa shape index (κ3) is 2.71. The number of thiazole rings is 1. The average Bonchev–Trinajstić information content (AvgIpc) is 2.83. The number of rotatable bonds is 2. The molecule has 3 nitrogen and oxygen atoms in total. The molecule has 1 saturated heterocycles. The quantitative estimate of drug-likeness (QED) is 0.914. The molecule has 0 aliphatic carbocycles. The maximum atomic E-state index is 5.51. The molecule has 1 unspecified atom stereocenters. The summed E-state index contributed by atoms with van der Waals surface area (Å²) in [5.41, 5.74) is 3.58. The molecule has 0 saturated carbocycles. The molecule has 2 aromatic rings. The van der Waals surface area contributed by atoms with E-state index in [2.05, 4.69) is 43.4 Å². The Bertz CT molecular complexity index is 556. The highest BCUT2D eigenvalue weighted by atomic mass is 32.1. The van der Waals surface area contributed by atoms with E-state index in [0.29, 0.717) is 0 Å². The van der Waals surface area contributed by atoms with Gasteiger partial charge in [0.15, 0.2) is 0 Å². The zero-order valence-corrected chi connectivity index (χ0v) is 12.1. The highest BCUT2D eigenvalue weighted by molar-refractivity contribution is 7.12. The first kappa shape index (κ1) is 12.8. The zero-order chi connectivity index (χ0) is 13.2. The van der Waals surface area contributed by atoms with Crippen LogP contribution >= 0.6 is 11.3 Å². The van der Waals surface area contributed by atoms with Crippen LogP contribution in [0.2, 0.25) is 0 Å². The number of aromatic nitrogens is 1. The Hall–Kier alpha value is -1.23. The smallest absolute Gasteiger partial charge is 0.113 e. The first-order valence-corrected chi connectivity index (χ1v) is 7.41. The number of hydrogen-bond donors (Lipinski definition) is 1. The Morgan fingerprint density at radius 2 is 2.05 bits per heavy atom. The monoisotopic (exact) mass is 274 g/mol. The molecule has 0 amide bonds. The maximum Gasteiger partial charge on any atom is 0.113 e. The third-order valence-electron chi connectivity index (χ3n) is 3.36. The number of nitrogens with zero attached hydrogens (tertiary/aromatic N) is 1. The molecule has 1 aliphatic heterocycles. The fourth-order valence-electron chi connectivity index (χ4n) is 2.27. The molecular formula is C15H18N2OS. The van der Waals surface area contributed by atoms with Gasteiger partial charge >= 0.3 is 0 Å². The van der Waals surface area contributed by atoms with Gasteiger partial charge in [-0.15, -0.1) is 11.3 Å². The summed E-state index contributed by atoms with van der Waals surface area (Å²) in [6.45, 7) is 6.67. The topological polar surface area (TPSA) is 34.1 Å². The van der Waals surface area contributed by atoms with Gasteiger partial charge in [-0.2, -0.15) is 0 Å². The summed E-state index contributed by atoms with van der Waals surface area (Å²) in [7, 11) is 0. The number of hydrogen-bond acceptors (Lipinski definition) is 4. The zero-order valence-electron chi connectivity index (χ0n) is 11.3. The fourth-order valence-corrected chi connectivity index (χ4v) is 3.27. The normalized spacial score (nSPS) is 19.6. The standard InChI is InChI=1S/C15H18N2OS/c1-10-3-5-12(6-4-10)14-11(2)19-15(17-14)13-9-18-8-7-16-13/h3-6,13,16H,7-9H2,1-2H3. The van der Waals surface area contributed by atoms with Crippen LogP contribution in [0.15, 0.2) is 24.3 Å². The second kappa shape index (κ2) is 5.41. The summed E-state index contributed by atoms with van der Waals surface area (Å²) in [6.07, 6.45) is 0. The maximum absolute atomic E-state index is 5.51. The summed E-state index contributed by atoms with van der Waals surface area (Å²) >= 11 is 1.77. The highest BCUT2D eigenvalue weighted by Gasteiger charge is 2.20. The largest absolute Gasteiger partial charge is 0.378 e. The lowest BCUT2D eigenvalue weighted by molar-refractivity contribution is 0.0768. The molecule has 1 atom stereocenters. The molecule has 100 valence electrons. The lowest BCUT2D eigenvalue weighted by Crippen LogP contribution is -2.34. The van der Waals surface area contributed by atoms with E-state index >= 15 is 0 Å². The first-order chi connectivity index (χ1) is 9.24. The Labute approximate surface area is 117 Å². The van der Waals surface area contributed by atoms with E-state index in [4.69, 9.17) is 9.72 Å². The molecule has 0 bridgehead atoms. The van der Waals surface area contributed by atoms with Gasteiger partial charge in [-0.3, -0.25) is 0 Å². The van der Waals surface area contributed by atoms with Crippen LogP contribution in [-0.4, -0.2) is 24.7 Å². The van der Waals surface area contributed by atoms with Gasteiger partial charge in [0.1, 0.15) is 5.01 Å². The molecular weight excluding hydrogens is 256 g/mol. The van der Waals surface area contributed by atoms with Crippen molar-refractivity contribution in [1.29, 1.82) is 0 Å². The van der Waals surface area contributed by atoms with E-state index in [9.17, 15) is 0 Å². The van der Waals surface area contributed by atoms with Crippen molar-refractivity contribution in [2.75, 3.05) is 19.8 Å². The van der Waals surface area contributed by atoms with Crippen LogP contribution in [0.5, 0.6) is 0 Å². The van der Waals surface area contributed by atoms with E-state index in [-0.39, 0.29) is 6.04 Å². The lowest BCUT2D eigenvalue weighted by atomic mass is 10.1. The number of benzene rings is 1. The van der Waals surface area contributed by atoms with Crippen LogP contribution in [0.3, 0.4) is 0 Å². The second-order valence-corrected chi connectivity index (χ2v) is 6.14. The molecule has 19 heavy (non-hydrogen) atoms. The minimum atomic E-state index is 0.247. The predicted octanol–water partition coefficient (Wildman–Crippen LogP) is 3.09. The third-order valence-corrected chi connectivity index (χ3v) is 4.44. The predicted molar refractivity (Wildman–Crippen MR) is 78.6 cm³/mol. The van der Waals surface area contributed by atoms with E-state index in [1.54, 1.807) is 11.3 Å². The lowest BCUT2D eigenvalue weighted by Gasteiger charge is -2.21. The minimum absolute atomic E-state index is 0.247. The molecule has 1 fully saturated rings. The fraction of sp³-hybridized carbons (Fsp3) is 0.400. The second-order valence-electron chi connectivity index (χ2n) is 4.90. The van der Waals surface area contributed by atoms with Gasteiger partial charge < -0.3 is 10.1 Å². The average molecular weight is 274 g/mol. The number of nitrogens with one attached hydrogen (secondary N) is 1. The van der Waals surface area contributed by atoms with Crippen molar-refractivity contribution < 1.29 is 4.74 Å². The number of morpholine rings is 1. The molecule has 1 aliphatic rings. The Balaban J connectivity index is 1.90. The molecule has 2 heterocycles. The van der Waals surface area contributed by atoms with Crippen LogP contribution in [0.25, 0.3) is 11.3 Å². The van der Waals surface area contributed by atoms with Crippen molar-refractivity contribution in [2.24, 2.45) is 0 Å². The number of ether oxygens (including phenoxy) is 1. The minimum Gasteiger partial charge on any atom is -0.378 e. The summed E-state index contributed by atoms with van der Waals surface area (Å²) in [4.78, 5) is 6.08. The first-order valence-electron chi connectivity index (χ1n) is 6.59. The Morgan fingerprint density at radius 1 is 1.26 bits per heavy atom. The van der Waals surface area contributed by atoms with Gasteiger partial charge in [0.2, 0.25) is 0 Å². The van der Waals surface area contributed by atoms with Crippen LogP contribution in [-0.2, 0) is 4.74 Å². The van der Waals surface area contributed by atoms with E-state index in [1.165, 1.54) is 16.0 Å². The highest BCUT2D eigenvalue weighted by Crippen LogP contribution is 2.31. The van der Waals surface area contributed by atoms with E-state index in [0.717, 1.165) is 30.5 Å². The van der Waals surface area contributed by atoms with Crippen molar-refractivity contribution in [3.63, 3.8) is 0 Å².